The molecule has 0 spiro atoms. The minimum atomic E-state index is -3.65. The van der Waals surface area contributed by atoms with Crippen LogP contribution in [0.2, 0.25) is 10.0 Å². The van der Waals surface area contributed by atoms with E-state index in [1.165, 1.54) is 16.4 Å². The van der Waals surface area contributed by atoms with E-state index >= 15 is 0 Å². The highest BCUT2D eigenvalue weighted by Gasteiger charge is 2.28. The van der Waals surface area contributed by atoms with E-state index in [0.717, 1.165) is 0 Å². The molecule has 0 saturated heterocycles. The Morgan fingerprint density at radius 2 is 1.79 bits per heavy atom. The fraction of sp³-hybridized carbons (Fsp3) is 0.500. The predicted molar refractivity (Wildman–Crippen MR) is 80.7 cm³/mol. The maximum atomic E-state index is 12.6. The predicted octanol–water partition coefficient (Wildman–Crippen LogP) is 4.15. The number of hydrogen-bond acceptors (Lipinski definition) is 2. The van der Waals surface area contributed by atoms with Crippen molar-refractivity contribution in [1.82, 2.24) is 4.31 Å². The second-order valence-electron chi connectivity index (χ2n) is 4.31. The maximum absolute atomic E-state index is 12.6. The molecule has 0 heterocycles. The van der Waals surface area contributed by atoms with Crippen LogP contribution in [0.15, 0.2) is 17.0 Å². The molecule has 1 aromatic carbocycles. The van der Waals surface area contributed by atoms with Crippen molar-refractivity contribution >= 4 is 44.8 Å². The molecule has 0 unspecified atom stereocenters. The summed E-state index contributed by atoms with van der Waals surface area (Å²) in [5.74, 6) is 0.131. The molecule has 0 amide bonds. The maximum Gasteiger partial charge on any atom is 0.244 e. The van der Waals surface area contributed by atoms with Crippen LogP contribution in [0.5, 0.6) is 0 Å². The van der Waals surface area contributed by atoms with Gasteiger partial charge >= 0.3 is 0 Å². The molecule has 0 aromatic heterocycles. The molecular weight excluding hydrogens is 329 g/mol. The lowest BCUT2D eigenvalue weighted by atomic mass is 10.2. The van der Waals surface area contributed by atoms with Gasteiger partial charge in [0.25, 0.3) is 0 Å². The van der Waals surface area contributed by atoms with Crippen LogP contribution in [0, 0.1) is 0 Å². The van der Waals surface area contributed by atoms with Crippen molar-refractivity contribution < 1.29 is 8.42 Å². The van der Waals surface area contributed by atoms with Crippen molar-refractivity contribution in [3.8, 4) is 0 Å². The van der Waals surface area contributed by atoms with Gasteiger partial charge in [0.15, 0.2) is 0 Å². The first-order valence-electron chi connectivity index (χ1n) is 5.81. The summed E-state index contributed by atoms with van der Waals surface area (Å²) in [6.45, 7) is 5.78. The molecule has 0 atom stereocenters. The minimum absolute atomic E-state index is 0.0461. The molecule has 1 rings (SSSR count). The van der Waals surface area contributed by atoms with Crippen LogP contribution >= 0.6 is 34.8 Å². The molecule has 0 aliphatic rings. The molecular formula is C12H16Cl3NO2S. The number of nitrogens with zero attached hydrogens (tertiary/aromatic N) is 1. The Labute approximate surface area is 129 Å². The van der Waals surface area contributed by atoms with E-state index in [1.54, 1.807) is 6.92 Å². The largest absolute Gasteiger partial charge is 0.244 e. The highest BCUT2D eigenvalue weighted by molar-refractivity contribution is 7.89. The smallest absolute Gasteiger partial charge is 0.207 e. The van der Waals surface area contributed by atoms with Gasteiger partial charge in [0, 0.05) is 23.5 Å². The van der Waals surface area contributed by atoms with E-state index in [-0.39, 0.29) is 21.8 Å². The number of halogens is 3. The summed E-state index contributed by atoms with van der Waals surface area (Å²) in [7, 11) is -3.65. The monoisotopic (exact) mass is 343 g/mol. The number of alkyl halides is 1. The average Bonchev–Trinajstić information content (AvgIpc) is 2.28. The lowest BCUT2D eigenvalue weighted by Crippen LogP contribution is -2.36. The summed E-state index contributed by atoms with van der Waals surface area (Å²) in [5, 5.41) is 0.476. The standard InChI is InChI=1S/C12H16Cl3NO2S/c1-4-16(8(2)3)19(17,18)12-5-9(7-13)10(14)6-11(12)15/h5-6,8H,4,7H2,1-3H3. The van der Waals surface area contributed by atoms with Gasteiger partial charge in [-0.3, -0.25) is 0 Å². The lowest BCUT2D eigenvalue weighted by Gasteiger charge is -2.25. The van der Waals surface area contributed by atoms with E-state index in [4.69, 9.17) is 34.8 Å². The van der Waals surface area contributed by atoms with E-state index in [1.807, 2.05) is 13.8 Å². The van der Waals surface area contributed by atoms with Gasteiger partial charge in [-0.15, -0.1) is 11.6 Å². The molecule has 0 aliphatic heterocycles. The van der Waals surface area contributed by atoms with E-state index in [9.17, 15) is 8.42 Å². The number of rotatable bonds is 5. The van der Waals surface area contributed by atoms with E-state index in [0.29, 0.717) is 17.1 Å². The van der Waals surface area contributed by atoms with Gasteiger partial charge in [-0.05, 0) is 31.5 Å². The second kappa shape index (κ2) is 6.64. The first-order valence-corrected chi connectivity index (χ1v) is 8.54. The number of sulfonamides is 1. The third kappa shape index (κ3) is 3.56. The summed E-state index contributed by atoms with van der Waals surface area (Å²) in [5.41, 5.74) is 0.547. The summed E-state index contributed by atoms with van der Waals surface area (Å²) in [6.07, 6.45) is 0. The third-order valence-electron chi connectivity index (χ3n) is 2.72. The zero-order valence-electron chi connectivity index (χ0n) is 11.0. The van der Waals surface area contributed by atoms with Crippen molar-refractivity contribution in [3.05, 3.63) is 27.7 Å². The summed E-state index contributed by atoms with van der Waals surface area (Å²) < 4.78 is 26.5. The molecule has 0 saturated carbocycles. The van der Waals surface area contributed by atoms with Gasteiger partial charge in [0.2, 0.25) is 10.0 Å². The quantitative estimate of drug-likeness (QED) is 0.752. The molecule has 0 bridgehead atoms. The Balaban J connectivity index is 3.44. The molecule has 0 aliphatic carbocycles. The first-order chi connectivity index (χ1) is 8.75. The average molecular weight is 345 g/mol. The highest BCUT2D eigenvalue weighted by atomic mass is 35.5. The summed E-state index contributed by atoms with van der Waals surface area (Å²) >= 11 is 17.7. The second-order valence-corrected chi connectivity index (χ2v) is 7.25. The zero-order valence-corrected chi connectivity index (χ0v) is 14.0. The molecule has 108 valence electrons. The van der Waals surface area contributed by atoms with Crippen LogP contribution in [-0.2, 0) is 15.9 Å². The molecule has 19 heavy (non-hydrogen) atoms. The summed E-state index contributed by atoms with van der Waals surface area (Å²) in [6, 6.07) is 2.71. The van der Waals surface area contributed by atoms with E-state index < -0.39 is 10.0 Å². The Morgan fingerprint density at radius 3 is 2.21 bits per heavy atom. The van der Waals surface area contributed by atoms with Gasteiger partial charge in [0.1, 0.15) is 4.90 Å². The fourth-order valence-corrected chi connectivity index (χ4v) is 4.59. The van der Waals surface area contributed by atoms with Crippen molar-refractivity contribution in [3.63, 3.8) is 0 Å². The topological polar surface area (TPSA) is 37.4 Å². The Kier molecular flexibility index (Phi) is 5.96. The van der Waals surface area contributed by atoms with Gasteiger partial charge < -0.3 is 0 Å². The van der Waals surface area contributed by atoms with Crippen molar-refractivity contribution in [2.45, 2.75) is 37.6 Å². The Morgan fingerprint density at radius 1 is 1.21 bits per heavy atom. The van der Waals surface area contributed by atoms with Gasteiger partial charge in [0.05, 0.1) is 5.02 Å². The van der Waals surface area contributed by atoms with Crippen LogP contribution in [0.25, 0.3) is 0 Å². The molecule has 7 heteroatoms. The van der Waals surface area contributed by atoms with Crippen LogP contribution in [0.3, 0.4) is 0 Å². The normalized spacial score (nSPS) is 12.4. The SMILES string of the molecule is CCN(C(C)C)S(=O)(=O)c1cc(CCl)c(Cl)cc1Cl. The van der Waals surface area contributed by atoms with Crippen LogP contribution < -0.4 is 0 Å². The number of hydrogen-bond donors (Lipinski definition) is 0. The zero-order chi connectivity index (χ0) is 14.8. The van der Waals surface area contributed by atoms with Crippen LogP contribution in [-0.4, -0.2) is 25.3 Å². The highest BCUT2D eigenvalue weighted by Crippen LogP contribution is 2.31. The van der Waals surface area contributed by atoms with Crippen LogP contribution in [0.4, 0.5) is 0 Å². The fourth-order valence-electron chi connectivity index (χ4n) is 1.81. The molecule has 0 radical (unpaired) electrons. The summed E-state index contributed by atoms with van der Waals surface area (Å²) in [4.78, 5) is 0.0461. The van der Waals surface area contributed by atoms with Gasteiger partial charge in [-0.25, -0.2) is 8.42 Å². The van der Waals surface area contributed by atoms with Gasteiger partial charge in [-0.2, -0.15) is 4.31 Å². The first kappa shape index (κ1) is 17.1. The van der Waals surface area contributed by atoms with Crippen LogP contribution in [0.1, 0.15) is 26.3 Å². The minimum Gasteiger partial charge on any atom is -0.207 e. The molecule has 1 aromatic rings. The Hall–Kier alpha value is -0.000000000000000111. The molecule has 0 N–H and O–H groups in total. The lowest BCUT2D eigenvalue weighted by molar-refractivity contribution is 0.369. The molecule has 0 fully saturated rings. The third-order valence-corrected chi connectivity index (χ3v) is 5.97. The van der Waals surface area contributed by atoms with Crippen molar-refractivity contribution in [2.75, 3.05) is 6.54 Å². The van der Waals surface area contributed by atoms with E-state index in [2.05, 4.69) is 0 Å². The Bertz CT molecular complexity index is 558. The van der Waals surface area contributed by atoms with Crippen molar-refractivity contribution in [1.29, 1.82) is 0 Å². The van der Waals surface area contributed by atoms with Gasteiger partial charge in [-0.1, -0.05) is 30.1 Å². The molecule has 3 nitrogen and oxygen atoms in total. The number of benzene rings is 1. The van der Waals surface area contributed by atoms with Crippen molar-refractivity contribution in [2.24, 2.45) is 0 Å².